The van der Waals surface area contributed by atoms with Crippen molar-refractivity contribution in [3.63, 3.8) is 0 Å². The number of rotatable bonds is 3. The van der Waals surface area contributed by atoms with Gasteiger partial charge >= 0.3 is 0 Å². The van der Waals surface area contributed by atoms with Gasteiger partial charge in [-0.1, -0.05) is 0 Å². The average molecular weight is 311 g/mol. The molecule has 1 aromatic carbocycles. The lowest BCUT2D eigenvalue weighted by Crippen LogP contribution is -2.32. The summed E-state index contributed by atoms with van der Waals surface area (Å²) in [5.41, 5.74) is 13.7. The fraction of sp³-hybridized carbons (Fsp3) is 0.500. The minimum atomic E-state index is -3.67. The molecule has 0 bridgehead atoms. The Morgan fingerprint density at radius 1 is 1.29 bits per heavy atom. The molecule has 2 rings (SSSR count). The van der Waals surface area contributed by atoms with Gasteiger partial charge in [0.15, 0.2) is 0 Å². The maximum Gasteiger partial charge on any atom is 0.243 e. The van der Waals surface area contributed by atoms with Crippen LogP contribution < -0.4 is 11.5 Å². The highest BCUT2D eigenvalue weighted by molar-refractivity contribution is 7.89. The van der Waals surface area contributed by atoms with Gasteiger partial charge in [0.1, 0.15) is 0 Å². The summed E-state index contributed by atoms with van der Waals surface area (Å²) in [5, 5.41) is 0. The van der Waals surface area contributed by atoms with Crippen LogP contribution in [0.1, 0.15) is 23.1 Å². The summed E-state index contributed by atoms with van der Waals surface area (Å²) in [6.45, 7) is 5.76. The normalized spacial score (nSPS) is 19.9. The fourth-order valence-corrected chi connectivity index (χ4v) is 4.77. The van der Waals surface area contributed by atoms with Crippen LogP contribution in [-0.2, 0) is 14.8 Å². The Balaban J connectivity index is 2.49. The van der Waals surface area contributed by atoms with Gasteiger partial charge in [0.05, 0.1) is 10.8 Å². The van der Waals surface area contributed by atoms with E-state index in [1.165, 1.54) is 4.31 Å². The number of hydrogen-bond donors (Lipinski definition) is 2. The van der Waals surface area contributed by atoms with Crippen molar-refractivity contribution < 1.29 is 13.2 Å². The zero-order valence-electron chi connectivity index (χ0n) is 12.5. The van der Waals surface area contributed by atoms with Gasteiger partial charge in [-0.2, -0.15) is 4.31 Å². The lowest BCUT2D eigenvalue weighted by atomic mass is 10.1. The van der Waals surface area contributed by atoms with Gasteiger partial charge in [0, 0.05) is 18.8 Å². The standard InChI is InChI=1S/C14H21N3O3S/c1-8-6-12(15)10(3)13(9(8)2)21(19,20)17-5-4-11(7-17)14(16)18/h6,11H,4-5,7,15H2,1-3H3,(H2,16,18). The van der Waals surface area contributed by atoms with Crippen molar-refractivity contribution in [2.45, 2.75) is 32.1 Å². The maximum atomic E-state index is 12.9. The minimum Gasteiger partial charge on any atom is -0.398 e. The van der Waals surface area contributed by atoms with Gasteiger partial charge in [0.2, 0.25) is 15.9 Å². The van der Waals surface area contributed by atoms with E-state index in [4.69, 9.17) is 11.5 Å². The number of nitrogen functional groups attached to an aromatic ring is 1. The first kappa shape index (κ1) is 15.8. The van der Waals surface area contributed by atoms with Gasteiger partial charge in [-0.25, -0.2) is 8.42 Å². The molecule has 1 fully saturated rings. The summed E-state index contributed by atoms with van der Waals surface area (Å²) in [6, 6.07) is 1.78. The number of carbonyl (C=O) groups is 1. The molecule has 1 amide bonds. The summed E-state index contributed by atoms with van der Waals surface area (Å²) in [4.78, 5) is 11.5. The van der Waals surface area contributed by atoms with Gasteiger partial charge < -0.3 is 11.5 Å². The second-order valence-corrected chi connectivity index (χ2v) is 7.49. The van der Waals surface area contributed by atoms with Crippen LogP contribution in [0.15, 0.2) is 11.0 Å². The molecule has 1 unspecified atom stereocenters. The Labute approximate surface area is 125 Å². The Kier molecular flexibility index (Phi) is 3.99. The predicted molar refractivity (Wildman–Crippen MR) is 81.1 cm³/mol. The van der Waals surface area contributed by atoms with Crippen LogP contribution in [0.4, 0.5) is 5.69 Å². The molecule has 1 aliphatic rings. The molecule has 0 radical (unpaired) electrons. The SMILES string of the molecule is Cc1cc(N)c(C)c(S(=O)(=O)N2CCC(C(N)=O)C2)c1C. The van der Waals surface area contributed by atoms with Crippen LogP contribution in [0.2, 0.25) is 0 Å². The van der Waals surface area contributed by atoms with Crippen molar-refractivity contribution in [1.82, 2.24) is 4.31 Å². The molecule has 0 saturated carbocycles. The van der Waals surface area contributed by atoms with E-state index in [-0.39, 0.29) is 11.4 Å². The van der Waals surface area contributed by atoms with E-state index in [1.807, 2.05) is 6.92 Å². The summed E-state index contributed by atoms with van der Waals surface area (Å²) in [7, 11) is -3.67. The van der Waals surface area contributed by atoms with E-state index < -0.39 is 21.8 Å². The van der Waals surface area contributed by atoms with Crippen LogP contribution in [-0.4, -0.2) is 31.7 Å². The molecule has 116 valence electrons. The second kappa shape index (κ2) is 5.31. The summed E-state index contributed by atoms with van der Waals surface area (Å²) in [5.74, 6) is -0.868. The topological polar surface area (TPSA) is 106 Å². The monoisotopic (exact) mass is 311 g/mol. The fourth-order valence-electron chi connectivity index (χ4n) is 2.74. The zero-order valence-corrected chi connectivity index (χ0v) is 13.3. The molecular formula is C14H21N3O3S. The first-order chi connectivity index (χ1) is 9.66. The first-order valence-electron chi connectivity index (χ1n) is 6.82. The van der Waals surface area contributed by atoms with Gasteiger partial charge in [-0.05, 0) is 49.9 Å². The summed E-state index contributed by atoms with van der Waals surface area (Å²) >= 11 is 0. The van der Waals surface area contributed by atoms with Crippen LogP contribution in [0, 0.1) is 26.7 Å². The Morgan fingerprint density at radius 3 is 2.43 bits per heavy atom. The molecule has 1 aliphatic heterocycles. The minimum absolute atomic E-state index is 0.143. The predicted octanol–water partition coefficient (Wildman–Crippen LogP) is 0.690. The third-order valence-corrected chi connectivity index (χ3v) is 6.37. The third kappa shape index (κ3) is 2.63. The van der Waals surface area contributed by atoms with Crippen molar-refractivity contribution >= 4 is 21.6 Å². The number of anilines is 1. The summed E-state index contributed by atoms with van der Waals surface area (Å²) in [6.07, 6.45) is 0.466. The number of amides is 1. The van der Waals surface area contributed by atoms with Crippen molar-refractivity contribution in [3.05, 3.63) is 22.8 Å². The molecule has 0 aliphatic carbocycles. The summed E-state index contributed by atoms with van der Waals surface area (Å²) < 4.78 is 27.1. The quantitative estimate of drug-likeness (QED) is 0.801. The number of primary amides is 1. The smallest absolute Gasteiger partial charge is 0.243 e. The van der Waals surface area contributed by atoms with E-state index in [0.29, 0.717) is 29.8 Å². The lowest BCUT2D eigenvalue weighted by molar-refractivity contribution is -0.121. The molecule has 1 atom stereocenters. The molecule has 1 heterocycles. The first-order valence-corrected chi connectivity index (χ1v) is 8.26. The average Bonchev–Trinajstić information content (AvgIpc) is 2.87. The molecule has 0 spiro atoms. The molecule has 1 saturated heterocycles. The molecule has 1 aromatic rings. The van der Waals surface area contributed by atoms with E-state index >= 15 is 0 Å². The zero-order chi connectivity index (χ0) is 15.9. The van der Waals surface area contributed by atoms with Crippen LogP contribution >= 0.6 is 0 Å². The van der Waals surface area contributed by atoms with Gasteiger partial charge in [-0.15, -0.1) is 0 Å². The van der Waals surface area contributed by atoms with E-state index in [1.54, 1.807) is 19.9 Å². The molecular weight excluding hydrogens is 290 g/mol. The highest BCUT2D eigenvalue weighted by Crippen LogP contribution is 2.32. The third-order valence-electron chi connectivity index (χ3n) is 4.23. The highest BCUT2D eigenvalue weighted by Gasteiger charge is 2.36. The number of nitrogens with two attached hydrogens (primary N) is 2. The van der Waals surface area contributed by atoms with E-state index in [9.17, 15) is 13.2 Å². The van der Waals surface area contributed by atoms with E-state index in [2.05, 4.69) is 0 Å². The molecule has 21 heavy (non-hydrogen) atoms. The molecule has 6 nitrogen and oxygen atoms in total. The van der Waals surface area contributed by atoms with Gasteiger partial charge in [0.25, 0.3) is 0 Å². The maximum absolute atomic E-state index is 12.9. The van der Waals surface area contributed by atoms with Crippen molar-refractivity contribution in [1.29, 1.82) is 0 Å². The molecule has 0 aromatic heterocycles. The molecule has 7 heteroatoms. The molecule has 4 N–H and O–H groups in total. The highest BCUT2D eigenvalue weighted by atomic mass is 32.2. The number of hydrogen-bond acceptors (Lipinski definition) is 4. The Morgan fingerprint density at radius 2 is 1.90 bits per heavy atom. The number of nitrogens with zero attached hydrogens (tertiary/aromatic N) is 1. The number of sulfonamides is 1. The van der Waals surface area contributed by atoms with Crippen LogP contribution in [0.3, 0.4) is 0 Å². The number of aryl methyl sites for hydroxylation is 1. The van der Waals surface area contributed by atoms with Crippen LogP contribution in [0.5, 0.6) is 0 Å². The Hall–Kier alpha value is -1.60. The second-order valence-electron chi connectivity index (χ2n) is 5.61. The largest absolute Gasteiger partial charge is 0.398 e. The van der Waals surface area contributed by atoms with Crippen molar-refractivity contribution in [2.75, 3.05) is 18.8 Å². The number of benzene rings is 1. The van der Waals surface area contributed by atoms with Crippen molar-refractivity contribution in [2.24, 2.45) is 11.7 Å². The van der Waals surface area contributed by atoms with Crippen molar-refractivity contribution in [3.8, 4) is 0 Å². The lowest BCUT2D eigenvalue weighted by Gasteiger charge is -2.21. The van der Waals surface area contributed by atoms with Gasteiger partial charge in [-0.3, -0.25) is 4.79 Å². The Bertz CT molecular complexity index is 672. The van der Waals surface area contributed by atoms with E-state index in [0.717, 1.165) is 5.56 Å². The van der Waals surface area contributed by atoms with Crippen LogP contribution in [0.25, 0.3) is 0 Å². The number of carbonyl (C=O) groups excluding carboxylic acids is 1.